The van der Waals surface area contributed by atoms with Gasteiger partial charge in [0, 0.05) is 24.7 Å². The number of aryl methyl sites for hydroxylation is 2. The predicted octanol–water partition coefficient (Wildman–Crippen LogP) is 4.40. The first-order valence-corrected chi connectivity index (χ1v) is 12.0. The lowest BCUT2D eigenvalue weighted by molar-refractivity contribution is -0.121. The Bertz CT molecular complexity index is 1250. The van der Waals surface area contributed by atoms with Crippen LogP contribution in [-0.4, -0.2) is 39.4 Å². The number of amides is 2. The monoisotopic (exact) mass is 476 g/mol. The number of halogens is 1. The minimum absolute atomic E-state index is 0.0000389. The fraction of sp³-hybridized carbons (Fsp3) is 0.370. The number of fused-ring (bicyclic) bond motifs is 1. The van der Waals surface area contributed by atoms with E-state index in [9.17, 15) is 14.0 Å². The molecule has 0 spiro atoms. The maximum absolute atomic E-state index is 13.2. The van der Waals surface area contributed by atoms with Gasteiger partial charge in [0.25, 0.3) is 5.91 Å². The number of hydrogen-bond donors (Lipinski definition) is 1. The Morgan fingerprint density at radius 2 is 1.80 bits per heavy atom. The molecule has 1 N–H and O–H groups in total. The fourth-order valence-corrected chi connectivity index (χ4v) is 4.74. The van der Waals surface area contributed by atoms with Gasteiger partial charge in [-0.15, -0.1) is 0 Å². The number of benzene rings is 2. The Balaban J connectivity index is 1.18. The molecule has 2 aromatic carbocycles. The Morgan fingerprint density at radius 1 is 1.06 bits per heavy atom. The minimum Gasteiger partial charge on any atom is -0.365 e. The highest BCUT2D eigenvalue weighted by atomic mass is 19.1. The van der Waals surface area contributed by atoms with Crippen molar-refractivity contribution in [1.29, 1.82) is 0 Å². The van der Waals surface area contributed by atoms with Gasteiger partial charge in [0.15, 0.2) is 5.69 Å². The molecule has 7 nitrogen and oxygen atoms in total. The lowest BCUT2D eigenvalue weighted by atomic mass is 9.95. The van der Waals surface area contributed by atoms with Gasteiger partial charge in [-0.25, -0.2) is 9.37 Å². The number of carbonyl (C=O) groups is 2. The zero-order chi connectivity index (χ0) is 24.5. The van der Waals surface area contributed by atoms with Crippen LogP contribution in [0.15, 0.2) is 48.8 Å². The molecule has 0 radical (unpaired) electrons. The van der Waals surface area contributed by atoms with Crippen molar-refractivity contribution in [3.8, 4) is 0 Å². The molecule has 1 fully saturated rings. The largest absolute Gasteiger partial charge is 0.365 e. The average molecular weight is 477 g/mol. The molecule has 5 rings (SSSR count). The van der Waals surface area contributed by atoms with E-state index in [1.165, 1.54) is 17.7 Å². The Labute approximate surface area is 203 Å². The van der Waals surface area contributed by atoms with Crippen LogP contribution in [0.1, 0.15) is 51.8 Å². The molecule has 2 amide bonds. The van der Waals surface area contributed by atoms with Gasteiger partial charge in [-0.3, -0.25) is 9.59 Å². The summed E-state index contributed by atoms with van der Waals surface area (Å²) in [6.45, 7) is 5.86. The molecular formula is C27H29FN4O3. The average Bonchev–Trinajstić information content (AvgIpc) is 3.29. The summed E-state index contributed by atoms with van der Waals surface area (Å²) in [7, 11) is 0. The molecule has 2 aliphatic heterocycles. The van der Waals surface area contributed by atoms with Gasteiger partial charge in [0.2, 0.25) is 5.91 Å². The maximum Gasteiger partial charge on any atom is 0.274 e. The van der Waals surface area contributed by atoms with E-state index in [-0.39, 0.29) is 36.3 Å². The molecule has 1 aromatic heterocycles. The minimum atomic E-state index is -0.285. The van der Waals surface area contributed by atoms with Gasteiger partial charge in [0.1, 0.15) is 11.9 Å². The van der Waals surface area contributed by atoms with Gasteiger partial charge < -0.3 is 19.5 Å². The van der Waals surface area contributed by atoms with Crippen LogP contribution < -0.4 is 5.32 Å². The summed E-state index contributed by atoms with van der Waals surface area (Å²) < 4.78 is 21.2. The molecule has 0 bridgehead atoms. The van der Waals surface area contributed by atoms with Crippen molar-refractivity contribution < 1.29 is 18.7 Å². The summed E-state index contributed by atoms with van der Waals surface area (Å²) in [5.41, 5.74) is 5.18. The van der Waals surface area contributed by atoms with Gasteiger partial charge in [0.05, 0.1) is 25.2 Å². The highest BCUT2D eigenvalue weighted by Crippen LogP contribution is 2.29. The van der Waals surface area contributed by atoms with Crippen LogP contribution in [0.25, 0.3) is 0 Å². The van der Waals surface area contributed by atoms with E-state index in [1.807, 2.05) is 36.6 Å². The van der Waals surface area contributed by atoms with Crippen LogP contribution in [0.3, 0.4) is 0 Å². The molecule has 1 atom stereocenters. The SMILES string of the molecule is Cc1ccc(NC(=O)C2CCN(C(=O)c3ncn4c3COC(c3ccc(F)cc3)C4)CC2)cc1C. The summed E-state index contributed by atoms with van der Waals surface area (Å²) in [5.74, 6) is -0.542. The Morgan fingerprint density at radius 3 is 2.51 bits per heavy atom. The van der Waals surface area contributed by atoms with Crippen LogP contribution in [0, 0.1) is 25.6 Å². The zero-order valence-corrected chi connectivity index (χ0v) is 20.0. The first-order valence-electron chi connectivity index (χ1n) is 12.0. The van der Waals surface area contributed by atoms with E-state index in [4.69, 9.17) is 4.74 Å². The molecular weight excluding hydrogens is 447 g/mol. The van der Waals surface area contributed by atoms with Crippen molar-refractivity contribution in [2.45, 2.75) is 45.9 Å². The lowest BCUT2D eigenvalue weighted by Crippen LogP contribution is -2.42. The third-order valence-electron chi connectivity index (χ3n) is 7.10. The van der Waals surface area contributed by atoms with Crippen LogP contribution in [0.5, 0.6) is 0 Å². The van der Waals surface area contributed by atoms with Crippen molar-refractivity contribution >= 4 is 17.5 Å². The van der Waals surface area contributed by atoms with E-state index < -0.39 is 0 Å². The number of nitrogens with zero attached hydrogens (tertiary/aromatic N) is 3. The molecule has 1 unspecified atom stereocenters. The van der Waals surface area contributed by atoms with Gasteiger partial charge >= 0.3 is 0 Å². The first-order chi connectivity index (χ1) is 16.9. The van der Waals surface area contributed by atoms with Crippen LogP contribution in [-0.2, 0) is 22.7 Å². The number of piperidine rings is 1. The number of aromatic nitrogens is 2. The smallest absolute Gasteiger partial charge is 0.274 e. The standard InChI is InChI=1S/C27H29FN4O3/c1-17-3-8-22(13-18(17)2)30-26(33)20-9-11-31(12-10-20)27(34)25-23-15-35-24(14-32(23)16-29-25)19-4-6-21(28)7-5-19/h3-8,13,16,20,24H,9-12,14-15H2,1-2H3,(H,30,33). The number of ether oxygens (including phenoxy) is 1. The van der Waals surface area contributed by atoms with Gasteiger partial charge in [-0.1, -0.05) is 18.2 Å². The molecule has 3 aromatic rings. The van der Waals surface area contributed by atoms with Crippen molar-refractivity contribution in [2.24, 2.45) is 5.92 Å². The molecule has 1 saturated heterocycles. The number of imidazole rings is 1. The van der Waals surface area contributed by atoms with E-state index in [1.54, 1.807) is 23.4 Å². The van der Waals surface area contributed by atoms with Crippen molar-refractivity contribution in [1.82, 2.24) is 14.5 Å². The second kappa shape index (κ2) is 9.62. The molecule has 8 heteroatoms. The summed E-state index contributed by atoms with van der Waals surface area (Å²) in [6.07, 6.45) is 2.68. The molecule has 0 aliphatic carbocycles. The molecule has 0 saturated carbocycles. The number of likely N-dealkylation sites (tertiary alicyclic amines) is 1. The molecule has 2 aliphatic rings. The van der Waals surface area contributed by atoms with Crippen LogP contribution in [0.4, 0.5) is 10.1 Å². The van der Waals surface area contributed by atoms with E-state index in [0.717, 1.165) is 22.5 Å². The Hall–Kier alpha value is -3.52. The second-order valence-corrected chi connectivity index (χ2v) is 9.40. The molecule has 3 heterocycles. The van der Waals surface area contributed by atoms with E-state index >= 15 is 0 Å². The van der Waals surface area contributed by atoms with Crippen LogP contribution >= 0.6 is 0 Å². The van der Waals surface area contributed by atoms with Crippen molar-refractivity contribution in [3.05, 3.63) is 82.7 Å². The maximum atomic E-state index is 13.2. The van der Waals surface area contributed by atoms with Gasteiger partial charge in [-0.2, -0.15) is 0 Å². The lowest BCUT2D eigenvalue weighted by Gasteiger charge is -2.31. The number of hydrogen-bond acceptors (Lipinski definition) is 4. The summed E-state index contributed by atoms with van der Waals surface area (Å²) in [5, 5.41) is 3.02. The summed E-state index contributed by atoms with van der Waals surface area (Å²) in [6, 6.07) is 12.2. The third kappa shape index (κ3) is 4.84. The topological polar surface area (TPSA) is 76.5 Å². The van der Waals surface area contributed by atoms with Crippen molar-refractivity contribution in [2.75, 3.05) is 18.4 Å². The summed E-state index contributed by atoms with van der Waals surface area (Å²) in [4.78, 5) is 32.1. The van der Waals surface area contributed by atoms with E-state index in [0.29, 0.717) is 38.2 Å². The summed E-state index contributed by atoms with van der Waals surface area (Å²) >= 11 is 0. The molecule has 182 valence electrons. The number of nitrogens with one attached hydrogen (secondary N) is 1. The van der Waals surface area contributed by atoms with E-state index in [2.05, 4.69) is 10.3 Å². The highest BCUT2D eigenvalue weighted by Gasteiger charge is 2.32. The highest BCUT2D eigenvalue weighted by molar-refractivity contribution is 5.95. The zero-order valence-electron chi connectivity index (χ0n) is 20.0. The molecule has 35 heavy (non-hydrogen) atoms. The van der Waals surface area contributed by atoms with Gasteiger partial charge in [-0.05, 0) is 67.6 Å². The van der Waals surface area contributed by atoms with Crippen LogP contribution in [0.2, 0.25) is 0 Å². The Kier molecular flexibility index (Phi) is 6.38. The normalized spacial score (nSPS) is 18.3. The predicted molar refractivity (Wildman–Crippen MR) is 129 cm³/mol. The number of carbonyl (C=O) groups excluding carboxylic acids is 2. The quantitative estimate of drug-likeness (QED) is 0.606. The van der Waals surface area contributed by atoms with Crippen molar-refractivity contribution in [3.63, 3.8) is 0 Å². The first kappa shape index (κ1) is 23.2. The second-order valence-electron chi connectivity index (χ2n) is 9.40. The number of anilines is 1. The number of rotatable bonds is 4. The third-order valence-corrected chi connectivity index (χ3v) is 7.10. The fourth-order valence-electron chi connectivity index (χ4n) is 4.74.